The molecule has 10 nitrogen and oxygen atoms in total. The van der Waals surface area contributed by atoms with E-state index in [-0.39, 0.29) is 30.9 Å². The van der Waals surface area contributed by atoms with Gasteiger partial charge in [0.05, 0.1) is 19.1 Å². The van der Waals surface area contributed by atoms with Crippen molar-refractivity contribution in [3.8, 4) is 17.1 Å². The minimum Gasteiger partial charge on any atom is -0.492 e. The molecule has 0 unspecified atom stereocenters. The van der Waals surface area contributed by atoms with Crippen molar-refractivity contribution in [2.24, 2.45) is 0 Å². The number of nitrogens with one attached hydrogen (secondary N) is 2. The fraction of sp³-hybridized carbons (Fsp3) is 0.346. The molecule has 3 aromatic rings. The Balaban J connectivity index is 1.62. The van der Waals surface area contributed by atoms with Gasteiger partial charge in [0.15, 0.2) is 5.82 Å². The number of nitrogens with zero attached hydrogens (tertiary/aromatic N) is 4. The lowest BCUT2D eigenvalue weighted by Crippen LogP contribution is -2.42. The van der Waals surface area contributed by atoms with E-state index in [2.05, 4.69) is 15.7 Å². The van der Waals surface area contributed by atoms with Crippen LogP contribution in [0.4, 0.5) is 0 Å². The summed E-state index contributed by atoms with van der Waals surface area (Å²) in [6, 6.07) is 16.1. The second kappa shape index (κ2) is 11.5. The molecule has 1 aliphatic rings. The third kappa shape index (κ3) is 6.26. The van der Waals surface area contributed by atoms with Crippen molar-refractivity contribution in [2.45, 2.75) is 32.9 Å². The number of hydrogen-bond donors (Lipinski definition) is 2. The van der Waals surface area contributed by atoms with Gasteiger partial charge < -0.3 is 20.3 Å². The zero-order valence-corrected chi connectivity index (χ0v) is 20.4. The molecule has 1 atom stereocenters. The Labute approximate surface area is 209 Å². The predicted molar refractivity (Wildman–Crippen MR) is 133 cm³/mol. The summed E-state index contributed by atoms with van der Waals surface area (Å²) in [5.74, 6) is 0.949. The first-order valence-corrected chi connectivity index (χ1v) is 12.0. The highest BCUT2D eigenvalue weighted by Crippen LogP contribution is 2.19. The lowest BCUT2D eigenvalue weighted by atomic mass is 10.2. The zero-order valence-electron chi connectivity index (χ0n) is 20.4. The Hall–Kier alpha value is -4.21. The normalized spacial score (nSPS) is 17.6. The number of fused-ring (bicyclic) bond motifs is 3. The number of hydrogen-bond acceptors (Lipinski definition) is 6. The molecule has 2 bridgehead atoms. The number of benzene rings is 2. The van der Waals surface area contributed by atoms with Crippen LogP contribution in [0.1, 0.15) is 42.5 Å². The lowest BCUT2D eigenvalue weighted by Gasteiger charge is -2.22. The number of carbonyl (C=O) groups is 3. The van der Waals surface area contributed by atoms with Crippen LogP contribution in [0.15, 0.2) is 54.6 Å². The van der Waals surface area contributed by atoms with E-state index >= 15 is 0 Å². The molecule has 1 aliphatic heterocycles. The third-order valence-corrected chi connectivity index (χ3v) is 5.84. The Morgan fingerprint density at radius 3 is 2.61 bits per heavy atom. The van der Waals surface area contributed by atoms with Crippen molar-refractivity contribution >= 4 is 17.7 Å². The van der Waals surface area contributed by atoms with Gasteiger partial charge in [-0.1, -0.05) is 36.4 Å². The fourth-order valence-corrected chi connectivity index (χ4v) is 3.97. The summed E-state index contributed by atoms with van der Waals surface area (Å²) in [5, 5.41) is 10.4. The van der Waals surface area contributed by atoms with Gasteiger partial charge in [-0.05, 0) is 31.5 Å². The molecule has 0 saturated carbocycles. The molecular formula is C26H30N6O4. The van der Waals surface area contributed by atoms with E-state index in [0.29, 0.717) is 49.0 Å². The quantitative estimate of drug-likeness (QED) is 0.540. The second-order valence-corrected chi connectivity index (χ2v) is 8.60. The standard InChI is InChI=1S/C26H30N6O4/c1-18-25-29-24(20-8-4-3-5-9-20)30-32(25)14-15-36-22-11-6-10-21(16-22)26(35)27-12-7-13-31(19(2)33)17-23(34)28-18/h3-6,8-11,16,18H,7,12-15,17H2,1-2H3,(H,27,35)(H,28,34)/t18-/m0/s1. The molecule has 2 heterocycles. The molecule has 3 amide bonds. The molecule has 2 N–H and O–H groups in total. The number of ether oxygens (including phenoxy) is 1. The molecular weight excluding hydrogens is 460 g/mol. The van der Waals surface area contributed by atoms with Gasteiger partial charge in [0.1, 0.15) is 18.2 Å². The lowest BCUT2D eigenvalue weighted by molar-refractivity contribution is -0.134. The Morgan fingerprint density at radius 1 is 1.06 bits per heavy atom. The first-order chi connectivity index (χ1) is 17.4. The highest BCUT2D eigenvalue weighted by Gasteiger charge is 2.21. The highest BCUT2D eigenvalue weighted by molar-refractivity contribution is 5.94. The van der Waals surface area contributed by atoms with Crippen LogP contribution in [-0.2, 0) is 16.1 Å². The van der Waals surface area contributed by atoms with Gasteiger partial charge in [-0.15, -0.1) is 0 Å². The fourth-order valence-electron chi connectivity index (χ4n) is 3.97. The number of amides is 3. The van der Waals surface area contributed by atoms with Crippen LogP contribution in [0.3, 0.4) is 0 Å². The van der Waals surface area contributed by atoms with Crippen molar-refractivity contribution in [1.82, 2.24) is 30.3 Å². The van der Waals surface area contributed by atoms with Gasteiger partial charge in [0, 0.05) is 31.1 Å². The summed E-state index contributed by atoms with van der Waals surface area (Å²) in [6.07, 6.45) is 0.513. The smallest absolute Gasteiger partial charge is 0.251 e. The topological polar surface area (TPSA) is 118 Å². The molecule has 0 aliphatic carbocycles. The SMILES string of the molecule is CC(=O)N1CCCNC(=O)c2cccc(c2)OCCn2nc(-c3ccccc3)nc2[C@H](C)NC(=O)C1. The van der Waals surface area contributed by atoms with E-state index < -0.39 is 6.04 Å². The number of rotatable bonds is 1. The molecule has 2 aromatic carbocycles. The molecule has 36 heavy (non-hydrogen) atoms. The first kappa shape index (κ1) is 24.9. The summed E-state index contributed by atoms with van der Waals surface area (Å²) in [5.41, 5.74) is 1.34. The first-order valence-electron chi connectivity index (χ1n) is 12.0. The van der Waals surface area contributed by atoms with E-state index in [1.165, 1.54) is 11.8 Å². The summed E-state index contributed by atoms with van der Waals surface area (Å²) < 4.78 is 7.63. The average molecular weight is 491 g/mol. The van der Waals surface area contributed by atoms with E-state index in [1.807, 2.05) is 37.3 Å². The Bertz CT molecular complexity index is 1230. The molecule has 188 valence electrons. The van der Waals surface area contributed by atoms with Crippen molar-refractivity contribution in [1.29, 1.82) is 0 Å². The van der Waals surface area contributed by atoms with E-state index in [9.17, 15) is 14.4 Å². The summed E-state index contributed by atoms with van der Waals surface area (Å²) in [6.45, 7) is 4.56. The van der Waals surface area contributed by atoms with Gasteiger partial charge in [-0.2, -0.15) is 5.10 Å². The van der Waals surface area contributed by atoms with Crippen LogP contribution in [0.5, 0.6) is 5.75 Å². The minimum atomic E-state index is -0.447. The maximum Gasteiger partial charge on any atom is 0.251 e. The Kier molecular flexibility index (Phi) is 7.94. The van der Waals surface area contributed by atoms with E-state index in [1.54, 1.807) is 28.9 Å². The van der Waals surface area contributed by atoms with Crippen LogP contribution in [0.2, 0.25) is 0 Å². The molecule has 1 aromatic heterocycles. The van der Waals surface area contributed by atoms with Crippen LogP contribution in [0, 0.1) is 0 Å². The van der Waals surface area contributed by atoms with Crippen LogP contribution >= 0.6 is 0 Å². The molecule has 4 rings (SSSR count). The van der Waals surface area contributed by atoms with Crippen LogP contribution in [-0.4, -0.2) is 63.6 Å². The van der Waals surface area contributed by atoms with Crippen molar-refractivity contribution in [3.05, 3.63) is 66.0 Å². The zero-order chi connectivity index (χ0) is 25.5. The second-order valence-electron chi connectivity index (χ2n) is 8.60. The number of aromatic nitrogens is 3. The van der Waals surface area contributed by atoms with Gasteiger partial charge in [-0.25, -0.2) is 9.67 Å². The minimum absolute atomic E-state index is 0.0849. The maximum atomic E-state index is 12.8. The number of carbonyl (C=O) groups excluding carboxylic acids is 3. The van der Waals surface area contributed by atoms with Crippen LogP contribution in [0.25, 0.3) is 11.4 Å². The van der Waals surface area contributed by atoms with Crippen molar-refractivity contribution in [3.63, 3.8) is 0 Å². The highest BCUT2D eigenvalue weighted by atomic mass is 16.5. The predicted octanol–water partition coefficient (Wildman–Crippen LogP) is 2.18. The molecule has 0 saturated heterocycles. The molecule has 0 fully saturated rings. The maximum absolute atomic E-state index is 12.8. The molecule has 0 radical (unpaired) electrons. The Morgan fingerprint density at radius 2 is 1.83 bits per heavy atom. The monoisotopic (exact) mass is 490 g/mol. The summed E-state index contributed by atoms with van der Waals surface area (Å²) in [7, 11) is 0. The van der Waals surface area contributed by atoms with Crippen molar-refractivity contribution in [2.75, 3.05) is 26.2 Å². The molecule has 0 spiro atoms. The van der Waals surface area contributed by atoms with E-state index in [0.717, 1.165) is 5.56 Å². The third-order valence-electron chi connectivity index (χ3n) is 5.84. The van der Waals surface area contributed by atoms with Gasteiger partial charge in [0.2, 0.25) is 11.8 Å². The van der Waals surface area contributed by atoms with Gasteiger partial charge >= 0.3 is 0 Å². The largest absolute Gasteiger partial charge is 0.492 e. The van der Waals surface area contributed by atoms with Gasteiger partial charge in [-0.3, -0.25) is 14.4 Å². The summed E-state index contributed by atoms with van der Waals surface area (Å²) >= 11 is 0. The summed E-state index contributed by atoms with van der Waals surface area (Å²) in [4.78, 5) is 43.6. The molecule has 10 heteroatoms. The van der Waals surface area contributed by atoms with Gasteiger partial charge in [0.25, 0.3) is 5.91 Å². The van der Waals surface area contributed by atoms with Crippen molar-refractivity contribution < 1.29 is 19.1 Å². The van der Waals surface area contributed by atoms with E-state index in [4.69, 9.17) is 9.72 Å². The average Bonchev–Trinajstić information content (AvgIpc) is 3.30. The van der Waals surface area contributed by atoms with Crippen LogP contribution < -0.4 is 15.4 Å².